The Balaban J connectivity index is 2.20. The highest BCUT2D eigenvalue weighted by Crippen LogP contribution is 2.37. The molecule has 3 nitrogen and oxygen atoms in total. The fourth-order valence-corrected chi connectivity index (χ4v) is 3.82. The van der Waals surface area contributed by atoms with Gasteiger partial charge in [-0.3, -0.25) is 4.79 Å². The van der Waals surface area contributed by atoms with Crippen LogP contribution >= 0.6 is 0 Å². The summed E-state index contributed by atoms with van der Waals surface area (Å²) >= 11 is 0. The van der Waals surface area contributed by atoms with Crippen molar-refractivity contribution in [3.63, 3.8) is 0 Å². The van der Waals surface area contributed by atoms with E-state index in [0.29, 0.717) is 0 Å². The van der Waals surface area contributed by atoms with Crippen LogP contribution in [0.2, 0.25) is 0 Å². The number of nitrogens with zero attached hydrogens (tertiary/aromatic N) is 1. The summed E-state index contributed by atoms with van der Waals surface area (Å²) in [4.78, 5) is 13.4. The van der Waals surface area contributed by atoms with Gasteiger partial charge in [0.2, 0.25) is 0 Å². The summed E-state index contributed by atoms with van der Waals surface area (Å²) in [6.45, 7) is 6.48. The second-order valence-corrected chi connectivity index (χ2v) is 7.23. The monoisotopic (exact) mass is 360 g/mol. The summed E-state index contributed by atoms with van der Waals surface area (Å²) in [6.07, 6.45) is 1.98. The molecule has 140 valence electrons. The zero-order valence-corrected chi connectivity index (χ0v) is 16.6. The van der Waals surface area contributed by atoms with Crippen molar-refractivity contribution < 1.29 is 4.79 Å². The van der Waals surface area contributed by atoms with Crippen LogP contribution in [0, 0.1) is 0 Å². The summed E-state index contributed by atoms with van der Waals surface area (Å²) in [7, 11) is 2.09. The fraction of sp³-hybridized carbons (Fsp3) is 0.292. The lowest BCUT2D eigenvalue weighted by molar-refractivity contribution is 0.102. The van der Waals surface area contributed by atoms with Gasteiger partial charge < -0.3 is 9.88 Å². The van der Waals surface area contributed by atoms with Crippen molar-refractivity contribution in [2.45, 2.75) is 39.5 Å². The Hall–Kier alpha value is -2.81. The Bertz CT molecular complexity index is 909. The molecule has 1 aromatic heterocycles. The molecule has 0 saturated carbocycles. The first-order chi connectivity index (χ1) is 13.0. The van der Waals surface area contributed by atoms with Crippen LogP contribution in [0.3, 0.4) is 0 Å². The van der Waals surface area contributed by atoms with E-state index in [1.165, 1.54) is 5.69 Å². The number of carbonyl (C=O) groups is 1. The molecule has 0 saturated heterocycles. The molecule has 2 aromatic carbocycles. The SMILES string of the molecule is CCCc1c(-c2ccccc2)c(C(=O)Nc2ccccc2)c(C(C)C)n1C. The third-order valence-electron chi connectivity index (χ3n) is 4.92. The van der Waals surface area contributed by atoms with Crippen LogP contribution in [-0.2, 0) is 13.5 Å². The Labute approximate surface area is 162 Å². The Morgan fingerprint density at radius 1 is 1.00 bits per heavy atom. The van der Waals surface area contributed by atoms with E-state index in [0.717, 1.165) is 40.9 Å². The molecule has 0 aliphatic heterocycles. The van der Waals surface area contributed by atoms with Crippen molar-refractivity contribution in [1.29, 1.82) is 0 Å². The first-order valence-electron chi connectivity index (χ1n) is 9.67. The van der Waals surface area contributed by atoms with Crippen molar-refractivity contribution in [3.05, 3.63) is 77.6 Å². The zero-order chi connectivity index (χ0) is 19.4. The molecule has 0 aliphatic carbocycles. The minimum atomic E-state index is -0.0401. The van der Waals surface area contributed by atoms with Gasteiger partial charge in [-0.1, -0.05) is 75.7 Å². The van der Waals surface area contributed by atoms with Gasteiger partial charge in [-0.15, -0.1) is 0 Å². The Kier molecular flexibility index (Phi) is 5.80. The predicted octanol–water partition coefficient (Wildman–Crippen LogP) is 6.02. The quantitative estimate of drug-likeness (QED) is 0.573. The largest absolute Gasteiger partial charge is 0.350 e. The van der Waals surface area contributed by atoms with E-state index in [1.807, 2.05) is 48.5 Å². The highest BCUT2D eigenvalue weighted by Gasteiger charge is 2.27. The maximum absolute atomic E-state index is 13.4. The standard InChI is InChI=1S/C24H28N2O/c1-5-12-20-21(18-13-8-6-9-14-18)22(23(17(2)3)26(20)4)24(27)25-19-15-10-7-11-16-19/h6-11,13-17H,5,12H2,1-4H3,(H,25,27). The molecule has 0 spiro atoms. The molecule has 0 fully saturated rings. The number of hydrogen-bond acceptors (Lipinski definition) is 1. The van der Waals surface area contributed by atoms with Crippen molar-refractivity contribution in [3.8, 4) is 11.1 Å². The topological polar surface area (TPSA) is 34.0 Å². The van der Waals surface area contributed by atoms with Crippen molar-refractivity contribution in [1.82, 2.24) is 4.57 Å². The van der Waals surface area contributed by atoms with Gasteiger partial charge in [-0.2, -0.15) is 0 Å². The van der Waals surface area contributed by atoms with Gasteiger partial charge in [0.25, 0.3) is 5.91 Å². The van der Waals surface area contributed by atoms with E-state index in [-0.39, 0.29) is 11.8 Å². The van der Waals surface area contributed by atoms with Crippen LogP contribution < -0.4 is 5.32 Å². The van der Waals surface area contributed by atoms with Gasteiger partial charge in [0.15, 0.2) is 0 Å². The second kappa shape index (κ2) is 8.26. The summed E-state index contributed by atoms with van der Waals surface area (Å²) in [6, 6.07) is 19.9. The molecule has 1 N–H and O–H groups in total. The Morgan fingerprint density at radius 3 is 2.15 bits per heavy atom. The number of rotatable bonds is 6. The number of para-hydroxylation sites is 1. The van der Waals surface area contributed by atoms with Gasteiger partial charge in [0.1, 0.15) is 0 Å². The minimum absolute atomic E-state index is 0.0401. The molecule has 27 heavy (non-hydrogen) atoms. The van der Waals surface area contributed by atoms with Gasteiger partial charge in [-0.05, 0) is 30.0 Å². The number of benzene rings is 2. The van der Waals surface area contributed by atoms with Crippen LogP contribution in [0.1, 0.15) is 54.9 Å². The van der Waals surface area contributed by atoms with Crippen LogP contribution in [0.15, 0.2) is 60.7 Å². The number of nitrogens with one attached hydrogen (secondary N) is 1. The Morgan fingerprint density at radius 2 is 1.59 bits per heavy atom. The molecule has 0 atom stereocenters. The molecule has 3 heteroatoms. The van der Waals surface area contributed by atoms with Crippen LogP contribution in [-0.4, -0.2) is 10.5 Å². The van der Waals surface area contributed by atoms with E-state index in [1.54, 1.807) is 0 Å². The number of anilines is 1. The molecule has 1 heterocycles. The highest BCUT2D eigenvalue weighted by atomic mass is 16.1. The number of carbonyl (C=O) groups excluding carboxylic acids is 1. The van der Waals surface area contributed by atoms with Crippen molar-refractivity contribution in [2.24, 2.45) is 7.05 Å². The maximum Gasteiger partial charge on any atom is 0.258 e. The van der Waals surface area contributed by atoms with Crippen LogP contribution in [0.25, 0.3) is 11.1 Å². The van der Waals surface area contributed by atoms with Crippen LogP contribution in [0.4, 0.5) is 5.69 Å². The summed E-state index contributed by atoms with van der Waals surface area (Å²) in [5.74, 6) is 0.210. The number of amides is 1. The first kappa shape index (κ1) is 19.0. The zero-order valence-electron chi connectivity index (χ0n) is 16.6. The average Bonchev–Trinajstić information content (AvgIpc) is 2.96. The van der Waals surface area contributed by atoms with Gasteiger partial charge in [-0.25, -0.2) is 0 Å². The number of hydrogen-bond donors (Lipinski definition) is 1. The summed E-state index contributed by atoms with van der Waals surface area (Å²) in [5, 5.41) is 3.09. The molecule has 0 aliphatic rings. The second-order valence-electron chi connectivity index (χ2n) is 7.23. The molecular weight excluding hydrogens is 332 g/mol. The summed E-state index contributed by atoms with van der Waals surface area (Å²) < 4.78 is 2.23. The van der Waals surface area contributed by atoms with E-state index in [4.69, 9.17) is 0 Å². The van der Waals surface area contributed by atoms with E-state index >= 15 is 0 Å². The highest BCUT2D eigenvalue weighted by molar-refractivity contribution is 6.10. The first-order valence-corrected chi connectivity index (χ1v) is 9.67. The average molecular weight is 361 g/mol. The number of aromatic nitrogens is 1. The van der Waals surface area contributed by atoms with Crippen LogP contribution in [0.5, 0.6) is 0 Å². The molecule has 0 bridgehead atoms. The molecule has 0 unspecified atom stereocenters. The molecule has 1 amide bonds. The van der Waals surface area contributed by atoms with Gasteiger partial charge in [0, 0.05) is 29.7 Å². The van der Waals surface area contributed by atoms with E-state index in [2.05, 4.69) is 49.8 Å². The molecule has 0 radical (unpaired) electrons. The maximum atomic E-state index is 13.4. The van der Waals surface area contributed by atoms with E-state index in [9.17, 15) is 4.79 Å². The molecular formula is C24H28N2O. The lowest BCUT2D eigenvalue weighted by Crippen LogP contribution is -2.15. The third kappa shape index (κ3) is 3.82. The molecule has 3 aromatic rings. The smallest absolute Gasteiger partial charge is 0.258 e. The predicted molar refractivity (Wildman–Crippen MR) is 113 cm³/mol. The summed E-state index contributed by atoms with van der Waals surface area (Å²) in [5.41, 5.74) is 6.10. The van der Waals surface area contributed by atoms with Gasteiger partial charge in [0.05, 0.1) is 5.56 Å². The van der Waals surface area contributed by atoms with Gasteiger partial charge >= 0.3 is 0 Å². The fourth-order valence-electron chi connectivity index (χ4n) is 3.82. The normalized spacial score (nSPS) is 11.0. The lowest BCUT2D eigenvalue weighted by atomic mass is 9.95. The molecule has 3 rings (SSSR count). The van der Waals surface area contributed by atoms with Crippen molar-refractivity contribution in [2.75, 3.05) is 5.32 Å². The van der Waals surface area contributed by atoms with Crippen molar-refractivity contribution >= 4 is 11.6 Å². The lowest BCUT2D eigenvalue weighted by Gasteiger charge is -2.13. The van der Waals surface area contributed by atoms with E-state index < -0.39 is 0 Å². The third-order valence-corrected chi connectivity index (χ3v) is 4.92. The minimum Gasteiger partial charge on any atom is -0.350 e.